The van der Waals surface area contributed by atoms with Crippen LogP contribution in [-0.2, 0) is 4.79 Å². The molecule has 0 saturated heterocycles. The molecule has 0 unspecified atom stereocenters. The summed E-state index contributed by atoms with van der Waals surface area (Å²) in [7, 11) is 0. The van der Waals surface area contributed by atoms with Crippen LogP contribution in [0.3, 0.4) is 0 Å². The average molecular weight is 528 g/mol. The fourth-order valence-corrected chi connectivity index (χ4v) is 3.80. The van der Waals surface area contributed by atoms with Gasteiger partial charge in [0.2, 0.25) is 0 Å². The Kier molecular flexibility index (Phi) is 7.87. The smallest absolute Gasteiger partial charge is 0.345 e. The first-order chi connectivity index (χ1) is 16.9. The van der Waals surface area contributed by atoms with Crippen LogP contribution in [0.15, 0.2) is 84.0 Å². The van der Waals surface area contributed by atoms with Crippen molar-refractivity contribution in [2.24, 2.45) is 5.10 Å². The predicted octanol–water partition coefficient (Wildman–Crippen LogP) is 6.55. The molecule has 0 fully saturated rings. The summed E-state index contributed by atoms with van der Waals surface area (Å²) in [6.45, 7) is -0.245. The summed E-state index contributed by atoms with van der Waals surface area (Å²) in [6, 6.07) is 22.1. The van der Waals surface area contributed by atoms with Crippen LogP contribution in [-0.4, -0.2) is 24.7 Å². The Balaban J connectivity index is 1.52. The summed E-state index contributed by atoms with van der Waals surface area (Å²) >= 11 is 17.9. The number of hydrogen-bond donors (Lipinski definition) is 1. The molecule has 1 amide bonds. The lowest BCUT2D eigenvalue weighted by Crippen LogP contribution is -2.24. The van der Waals surface area contributed by atoms with Gasteiger partial charge in [-0.2, -0.15) is 5.10 Å². The fraction of sp³-hybridized carbons (Fsp3) is 0.0385. The number of ether oxygens (including phenoxy) is 2. The van der Waals surface area contributed by atoms with Crippen molar-refractivity contribution in [1.82, 2.24) is 5.43 Å². The molecule has 0 spiro atoms. The fourth-order valence-electron chi connectivity index (χ4n) is 3.19. The number of halogens is 3. The molecule has 4 aromatic carbocycles. The number of hydrazone groups is 1. The maximum atomic E-state index is 12.8. The molecule has 1 N–H and O–H groups in total. The van der Waals surface area contributed by atoms with E-state index in [1.807, 2.05) is 30.3 Å². The van der Waals surface area contributed by atoms with Crippen LogP contribution in [0.5, 0.6) is 11.5 Å². The molecule has 176 valence electrons. The van der Waals surface area contributed by atoms with E-state index in [1.54, 1.807) is 36.4 Å². The first kappa shape index (κ1) is 24.5. The number of nitrogens with zero attached hydrogens (tertiary/aromatic N) is 1. The van der Waals surface area contributed by atoms with E-state index in [9.17, 15) is 9.59 Å². The third kappa shape index (κ3) is 6.31. The third-order valence-electron chi connectivity index (χ3n) is 4.85. The molecule has 0 bridgehead atoms. The van der Waals surface area contributed by atoms with Crippen molar-refractivity contribution in [3.8, 4) is 11.5 Å². The standard InChI is InChI=1S/C26H17Cl3N2O4/c27-17-6-9-19(10-7-17)34-15-25(32)31-30-14-22-20-4-2-1-3-16(20)5-12-24(22)35-26(33)21-11-8-18(28)13-23(21)29/h1-14H,15H2,(H,31,32). The highest BCUT2D eigenvalue weighted by Crippen LogP contribution is 2.29. The van der Waals surface area contributed by atoms with Gasteiger partial charge in [0.25, 0.3) is 5.91 Å². The van der Waals surface area contributed by atoms with Crippen molar-refractivity contribution >= 4 is 63.7 Å². The summed E-state index contributed by atoms with van der Waals surface area (Å²) in [5.41, 5.74) is 3.08. The molecule has 4 aromatic rings. The highest BCUT2D eigenvalue weighted by molar-refractivity contribution is 6.36. The van der Waals surface area contributed by atoms with Gasteiger partial charge in [-0.25, -0.2) is 10.2 Å². The lowest BCUT2D eigenvalue weighted by atomic mass is 10.0. The Bertz CT molecular complexity index is 1420. The van der Waals surface area contributed by atoms with Crippen LogP contribution in [0.1, 0.15) is 15.9 Å². The number of amides is 1. The normalized spacial score (nSPS) is 10.9. The quantitative estimate of drug-likeness (QED) is 0.128. The number of carbonyl (C=O) groups is 2. The monoisotopic (exact) mass is 526 g/mol. The summed E-state index contributed by atoms with van der Waals surface area (Å²) in [4.78, 5) is 24.9. The lowest BCUT2D eigenvalue weighted by molar-refractivity contribution is -0.123. The van der Waals surface area contributed by atoms with Crippen molar-refractivity contribution in [2.75, 3.05) is 6.61 Å². The molecule has 0 aliphatic heterocycles. The van der Waals surface area contributed by atoms with Crippen molar-refractivity contribution in [1.29, 1.82) is 0 Å². The van der Waals surface area contributed by atoms with E-state index in [2.05, 4.69) is 10.5 Å². The largest absolute Gasteiger partial charge is 0.484 e. The lowest BCUT2D eigenvalue weighted by Gasteiger charge is -2.11. The maximum absolute atomic E-state index is 12.8. The maximum Gasteiger partial charge on any atom is 0.345 e. The Hall–Kier alpha value is -3.58. The molecule has 0 aliphatic rings. The van der Waals surface area contributed by atoms with Gasteiger partial charge in [0.15, 0.2) is 6.61 Å². The highest BCUT2D eigenvalue weighted by atomic mass is 35.5. The van der Waals surface area contributed by atoms with Crippen molar-refractivity contribution in [3.63, 3.8) is 0 Å². The molecule has 4 rings (SSSR count). The average Bonchev–Trinajstić information content (AvgIpc) is 2.84. The van der Waals surface area contributed by atoms with Gasteiger partial charge in [0.1, 0.15) is 11.5 Å². The van der Waals surface area contributed by atoms with Crippen LogP contribution in [0.4, 0.5) is 0 Å². The Morgan fingerprint density at radius 3 is 2.40 bits per heavy atom. The molecule has 0 radical (unpaired) electrons. The van der Waals surface area contributed by atoms with Gasteiger partial charge in [0.05, 0.1) is 16.8 Å². The van der Waals surface area contributed by atoms with Crippen LogP contribution in [0.2, 0.25) is 15.1 Å². The molecule has 0 atom stereocenters. The zero-order valence-electron chi connectivity index (χ0n) is 18.0. The molecule has 0 aromatic heterocycles. The van der Waals surface area contributed by atoms with Crippen molar-refractivity contribution in [2.45, 2.75) is 0 Å². The van der Waals surface area contributed by atoms with E-state index < -0.39 is 11.9 Å². The van der Waals surface area contributed by atoms with Gasteiger partial charge in [0, 0.05) is 15.6 Å². The van der Waals surface area contributed by atoms with E-state index >= 15 is 0 Å². The first-order valence-electron chi connectivity index (χ1n) is 10.3. The minimum Gasteiger partial charge on any atom is -0.484 e. The number of fused-ring (bicyclic) bond motifs is 1. The van der Waals surface area contributed by atoms with Gasteiger partial charge >= 0.3 is 5.97 Å². The number of hydrogen-bond acceptors (Lipinski definition) is 5. The first-order valence-corrected chi connectivity index (χ1v) is 11.4. The number of rotatable bonds is 7. The summed E-state index contributed by atoms with van der Waals surface area (Å²) < 4.78 is 11.0. The van der Waals surface area contributed by atoms with Crippen LogP contribution in [0.25, 0.3) is 10.8 Å². The SMILES string of the molecule is O=C(COc1ccc(Cl)cc1)NN=Cc1c(OC(=O)c2ccc(Cl)cc2Cl)ccc2ccccc12. The number of carbonyl (C=O) groups excluding carboxylic acids is 2. The van der Waals surface area contributed by atoms with E-state index in [-0.39, 0.29) is 22.9 Å². The van der Waals surface area contributed by atoms with Crippen LogP contribution in [0, 0.1) is 0 Å². The topological polar surface area (TPSA) is 77.0 Å². The van der Waals surface area contributed by atoms with Gasteiger partial charge in [-0.1, -0.05) is 65.1 Å². The minimum atomic E-state index is -0.656. The molecule has 35 heavy (non-hydrogen) atoms. The zero-order chi connectivity index (χ0) is 24.8. The van der Waals surface area contributed by atoms with E-state index in [1.165, 1.54) is 18.3 Å². The Morgan fingerprint density at radius 1 is 0.886 bits per heavy atom. The summed E-state index contributed by atoms with van der Waals surface area (Å²) in [5, 5.41) is 6.84. The van der Waals surface area contributed by atoms with E-state index in [4.69, 9.17) is 44.3 Å². The molecule has 0 aliphatic carbocycles. The third-order valence-corrected chi connectivity index (χ3v) is 5.65. The van der Waals surface area contributed by atoms with Gasteiger partial charge < -0.3 is 9.47 Å². The molecule has 0 heterocycles. The number of nitrogens with one attached hydrogen (secondary N) is 1. The van der Waals surface area contributed by atoms with E-state index in [0.717, 1.165) is 10.8 Å². The molecular weight excluding hydrogens is 511 g/mol. The second-order valence-electron chi connectivity index (χ2n) is 7.25. The Morgan fingerprint density at radius 2 is 1.63 bits per heavy atom. The van der Waals surface area contributed by atoms with Crippen molar-refractivity contribution in [3.05, 3.63) is 105 Å². The summed E-state index contributed by atoms with van der Waals surface area (Å²) in [5.74, 6) is -0.382. The van der Waals surface area contributed by atoms with Gasteiger partial charge in [-0.05, 0) is 59.3 Å². The second kappa shape index (κ2) is 11.2. The number of esters is 1. The van der Waals surface area contributed by atoms with E-state index in [0.29, 0.717) is 21.4 Å². The Labute approximate surface area is 216 Å². The molecule has 0 saturated carbocycles. The van der Waals surface area contributed by atoms with Crippen LogP contribution >= 0.6 is 34.8 Å². The van der Waals surface area contributed by atoms with Gasteiger partial charge in [-0.15, -0.1) is 0 Å². The summed E-state index contributed by atoms with van der Waals surface area (Å²) in [6.07, 6.45) is 1.41. The zero-order valence-corrected chi connectivity index (χ0v) is 20.3. The molecule has 9 heteroatoms. The van der Waals surface area contributed by atoms with Crippen LogP contribution < -0.4 is 14.9 Å². The number of benzene rings is 4. The second-order valence-corrected chi connectivity index (χ2v) is 8.53. The molecular formula is C26H17Cl3N2O4. The predicted molar refractivity (Wildman–Crippen MR) is 138 cm³/mol. The van der Waals surface area contributed by atoms with Gasteiger partial charge in [-0.3, -0.25) is 4.79 Å². The molecule has 6 nitrogen and oxygen atoms in total. The highest BCUT2D eigenvalue weighted by Gasteiger charge is 2.16. The minimum absolute atomic E-state index is 0.166. The van der Waals surface area contributed by atoms with Crippen molar-refractivity contribution < 1.29 is 19.1 Å².